The van der Waals surface area contributed by atoms with Crippen LogP contribution in [0.3, 0.4) is 0 Å². The summed E-state index contributed by atoms with van der Waals surface area (Å²) in [7, 11) is -0.687. The molecule has 1 amide bonds. The number of aromatic nitrogens is 1. The minimum absolute atomic E-state index is 0.0392. The highest BCUT2D eigenvalue weighted by Gasteiger charge is 2.28. The van der Waals surface area contributed by atoms with Crippen molar-refractivity contribution in [3.8, 4) is 11.3 Å². The summed E-state index contributed by atoms with van der Waals surface area (Å²) in [6.07, 6.45) is 4.31. The van der Waals surface area contributed by atoms with E-state index in [1.165, 1.54) is 35.5 Å². The normalized spacial score (nSPS) is 17.1. The number of hydrogen-bond donors (Lipinski definition) is 1. The van der Waals surface area contributed by atoms with E-state index in [-0.39, 0.29) is 34.8 Å². The number of likely N-dealkylation sites (N-methyl/N-ethyl adjacent to an activating group) is 1. The van der Waals surface area contributed by atoms with Crippen LogP contribution in [-0.4, -0.2) is 61.4 Å². The summed E-state index contributed by atoms with van der Waals surface area (Å²) >= 11 is 0. The minimum Gasteiger partial charge on any atom is -0.444 e. The number of halogens is 1. The maximum atomic E-state index is 14.7. The van der Waals surface area contributed by atoms with E-state index in [0.29, 0.717) is 12.0 Å². The fourth-order valence-corrected chi connectivity index (χ4v) is 5.07. The van der Waals surface area contributed by atoms with Crippen LogP contribution in [0.4, 0.5) is 9.18 Å². The van der Waals surface area contributed by atoms with Gasteiger partial charge in [-0.1, -0.05) is 18.2 Å². The summed E-state index contributed by atoms with van der Waals surface area (Å²) in [5.74, 6) is -0.553. The second-order valence-corrected chi connectivity index (χ2v) is 11.4. The Bertz CT molecular complexity index is 1240. The first-order valence-corrected chi connectivity index (χ1v) is 12.8. The number of carbonyl (C=O) groups excluding carboxylic acids is 1. The molecule has 1 unspecified atom stereocenters. The Balaban J connectivity index is 2.00. The monoisotopic (exact) mass is 504 g/mol. The lowest BCUT2D eigenvalue weighted by Gasteiger charge is -2.24. The Morgan fingerprint density at radius 1 is 1.34 bits per heavy atom. The quantitative estimate of drug-likeness (QED) is 0.611. The molecule has 8 nitrogen and oxygen atoms in total. The third-order valence-corrected chi connectivity index (χ3v) is 7.35. The number of hydrogen-bond acceptors (Lipinski definition) is 6. The Morgan fingerprint density at radius 2 is 2.03 bits per heavy atom. The van der Waals surface area contributed by atoms with Gasteiger partial charge >= 0.3 is 6.09 Å². The highest BCUT2D eigenvalue weighted by Crippen LogP contribution is 2.30. The molecule has 2 aromatic rings. The fraction of sp³-hybridized carbons (Fsp3) is 0.440. The maximum absolute atomic E-state index is 14.7. The summed E-state index contributed by atoms with van der Waals surface area (Å²) < 4.78 is 48.4. The zero-order valence-electron chi connectivity index (χ0n) is 20.9. The smallest absolute Gasteiger partial charge is 0.410 e. The second kappa shape index (κ2) is 10.3. The fourth-order valence-electron chi connectivity index (χ4n) is 3.66. The summed E-state index contributed by atoms with van der Waals surface area (Å²) in [6.45, 7) is 7.34. The van der Waals surface area contributed by atoms with E-state index in [0.717, 1.165) is 3.97 Å². The van der Waals surface area contributed by atoms with Crippen LogP contribution in [0, 0.1) is 5.82 Å². The molecule has 2 atom stereocenters. The summed E-state index contributed by atoms with van der Waals surface area (Å²) in [4.78, 5) is 18.2. The zero-order chi connectivity index (χ0) is 26.0. The predicted molar refractivity (Wildman–Crippen MR) is 135 cm³/mol. The van der Waals surface area contributed by atoms with Gasteiger partial charge in [0.2, 0.25) is 0 Å². The van der Waals surface area contributed by atoms with Gasteiger partial charge in [0.1, 0.15) is 16.3 Å². The number of carbonyl (C=O) groups is 1. The molecule has 1 aliphatic heterocycles. The number of nitrogens with one attached hydrogen (secondary N) is 1. The molecule has 1 aromatic carbocycles. The van der Waals surface area contributed by atoms with Crippen LogP contribution >= 0.6 is 0 Å². The van der Waals surface area contributed by atoms with Gasteiger partial charge in [0.25, 0.3) is 10.0 Å². The molecule has 3 rings (SSSR count). The standard InChI is InChI=1S/C25H33FN4O4S/c1-17(27-5)22-12-11-19(14-28-22)35(32,33)30-16-18(15-29(6)24(31)34-25(2,3)4)13-23(30)20-9-7-8-10-21(20)26/h7-11,13-14,16-17,22,27H,12,15H2,1-6H3/t17?,22-/m0/s1. The highest BCUT2D eigenvalue weighted by molar-refractivity contribution is 7.94. The van der Waals surface area contributed by atoms with Crippen molar-refractivity contribution in [2.24, 2.45) is 4.99 Å². The molecule has 0 saturated heterocycles. The molecule has 2 heterocycles. The molecule has 0 saturated carbocycles. The SMILES string of the molecule is CNC(C)[C@@H]1CC=C(S(=O)(=O)n2cc(CN(C)C(=O)OC(C)(C)C)cc2-c2ccccc2F)C=N1. The second-order valence-electron chi connectivity index (χ2n) is 9.62. The molecular weight excluding hydrogens is 471 g/mol. The van der Waals surface area contributed by atoms with Gasteiger partial charge in [-0.15, -0.1) is 0 Å². The van der Waals surface area contributed by atoms with Gasteiger partial charge in [0, 0.05) is 31.1 Å². The Hall–Kier alpha value is -2.98. The first kappa shape index (κ1) is 26.6. The van der Waals surface area contributed by atoms with Crippen LogP contribution in [0.1, 0.15) is 39.7 Å². The van der Waals surface area contributed by atoms with Gasteiger partial charge in [0.05, 0.1) is 18.3 Å². The van der Waals surface area contributed by atoms with Crippen molar-refractivity contribution in [2.75, 3.05) is 14.1 Å². The van der Waals surface area contributed by atoms with E-state index in [4.69, 9.17) is 4.74 Å². The molecule has 1 aromatic heterocycles. The molecule has 1 aliphatic rings. The van der Waals surface area contributed by atoms with Crippen molar-refractivity contribution in [3.05, 3.63) is 58.9 Å². The van der Waals surface area contributed by atoms with Crippen LogP contribution in [0.2, 0.25) is 0 Å². The number of ether oxygens (including phenoxy) is 1. The summed E-state index contributed by atoms with van der Waals surface area (Å²) in [5.41, 5.74) is 0.136. The number of benzene rings is 1. The lowest BCUT2D eigenvalue weighted by Crippen LogP contribution is -2.35. The molecule has 35 heavy (non-hydrogen) atoms. The molecule has 190 valence electrons. The van der Waals surface area contributed by atoms with Gasteiger partial charge in [-0.25, -0.2) is 21.6 Å². The van der Waals surface area contributed by atoms with Gasteiger partial charge in [-0.05, 0) is 64.9 Å². The summed E-state index contributed by atoms with van der Waals surface area (Å²) in [6, 6.07) is 7.55. The van der Waals surface area contributed by atoms with E-state index < -0.39 is 27.5 Å². The third kappa shape index (κ3) is 6.18. The van der Waals surface area contributed by atoms with Crippen LogP contribution in [-0.2, 0) is 21.3 Å². The molecular formula is C25H33FN4O4S. The van der Waals surface area contributed by atoms with Crippen LogP contribution in [0.25, 0.3) is 11.3 Å². The van der Waals surface area contributed by atoms with Crippen LogP contribution in [0.15, 0.2) is 52.5 Å². The first-order chi connectivity index (χ1) is 16.3. The molecule has 0 aliphatic carbocycles. The minimum atomic E-state index is -4.07. The molecule has 0 fully saturated rings. The predicted octanol–water partition coefficient (Wildman–Crippen LogP) is 4.17. The van der Waals surface area contributed by atoms with Crippen molar-refractivity contribution in [2.45, 2.75) is 58.3 Å². The average Bonchev–Trinajstić information content (AvgIpc) is 3.22. The molecule has 10 heteroatoms. The van der Waals surface area contributed by atoms with Gasteiger partial charge in [-0.2, -0.15) is 0 Å². The summed E-state index contributed by atoms with van der Waals surface area (Å²) in [5, 5.41) is 3.12. The molecule has 0 radical (unpaired) electrons. The maximum Gasteiger partial charge on any atom is 0.410 e. The lowest BCUT2D eigenvalue weighted by molar-refractivity contribution is 0.0285. The first-order valence-electron chi connectivity index (χ1n) is 11.4. The Kier molecular flexibility index (Phi) is 7.86. The van der Waals surface area contributed by atoms with Crippen LogP contribution in [0.5, 0.6) is 0 Å². The number of rotatable bonds is 7. The van der Waals surface area contributed by atoms with E-state index >= 15 is 0 Å². The van der Waals surface area contributed by atoms with E-state index in [1.54, 1.807) is 46.0 Å². The molecule has 0 spiro atoms. The van der Waals surface area contributed by atoms with Gasteiger partial charge < -0.3 is 15.0 Å². The largest absolute Gasteiger partial charge is 0.444 e. The Morgan fingerprint density at radius 3 is 2.60 bits per heavy atom. The number of allylic oxidation sites excluding steroid dienone is 1. The highest BCUT2D eigenvalue weighted by atomic mass is 32.2. The molecule has 1 N–H and O–H groups in total. The van der Waals surface area contributed by atoms with Gasteiger partial charge in [0.15, 0.2) is 0 Å². The van der Waals surface area contributed by atoms with Crippen molar-refractivity contribution >= 4 is 22.3 Å². The topological polar surface area (TPSA) is 93.0 Å². The number of aliphatic imine (C=N–C) groups is 1. The van der Waals surface area contributed by atoms with E-state index in [9.17, 15) is 17.6 Å². The van der Waals surface area contributed by atoms with E-state index in [2.05, 4.69) is 10.3 Å². The van der Waals surface area contributed by atoms with Crippen molar-refractivity contribution in [1.29, 1.82) is 0 Å². The number of nitrogens with zero attached hydrogens (tertiary/aromatic N) is 3. The van der Waals surface area contributed by atoms with Crippen molar-refractivity contribution in [3.63, 3.8) is 0 Å². The van der Waals surface area contributed by atoms with Crippen molar-refractivity contribution < 1.29 is 22.3 Å². The number of amides is 1. The average molecular weight is 505 g/mol. The van der Waals surface area contributed by atoms with Crippen LogP contribution < -0.4 is 5.32 Å². The third-order valence-electron chi connectivity index (χ3n) is 5.66. The Labute approximate surface area is 206 Å². The molecule has 0 bridgehead atoms. The number of dihydropyridines is 1. The van der Waals surface area contributed by atoms with Crippen molar-refractivity contribution in [1.82, 2.24) is 14.2 Å². The zero-order valence-corrected chi connectivity index (χ0v) is 21.8. The van der Waals surface area contributed by atoms with E-state index in [1.807, 2.05) is 14.0 Å². The van der Waals surface area contributed by atoms with Gasteiger partial charge in [-0.3, -0.25) is 4.99 Å². The lowest BCUT2D eigenvalue weighted by atomic mass is 10.1.